The van der Waals surface area contributed by atoms with Gasteiger partial charge in [-0.15, -0.1) is 11.3 Å². The molecule has 0 radical (unpaired) electrons. The molecule has 1 aromatic heterocycles. The van der Waals surface area contributed by atoms with E-state index in [0.29, 0.717) is 11.7 Å². The average Bonchev–Trinajstić information content (AvgIpc) is 2.74. The van der Waals surface area contributed by atoms with Gasteiger partial charge in [0.25, 0.3) is 0 Å². The number of aromatic nitrogens is 1. The molecule has 0 aliphatic rings. The number of nitrogen functional groups attached to an aromatic ring is 1. The summed E-state index contributed by atoms with van der Waals surface area (Å²) in [5.41, 5.74) is 7.38. The van der Waals surface area contributed by atoms with Gasteiger partial charge < -0.3 is 15.6 Å². The maximum absolute atomic E-state index is 8.67. The van der Waals surface area contributed by atoms with Crippen LogP contribution in [-0.2, 0) is 0 Å². The normalized spacial score (nSPS) is 10.3. The van der Waals surface area contributed by atoms with Crippen LogP contribution in [0.2, 0.25) is 0 Å². The van der Waals surface area contributed by atoms with Crippen LogP contribution in [0, 0.1) is 0 Å². The third-order valence-corrected chi connectivity index (χ3v) is 2.69. The molecule has 0 aliphatic carbocycles. The summed E-state index contributed by atoms with van der Waals surface area (Å²) >= 11 is 1.41. The first kappa shape index (κ1) is 10.9. The lowest BCUT2D eigenvalue weighted by Gasteiger charge is -2.05. The first-order valence-electron chi connectivity index (χ1n) is 4.84. The number of benzene rings is 1. The van der Waals surface area contributed by atoms with E-state index < -0.39 is 0 Å². The molecule has 0 unspecified atom stereocenters. The molecule has 0 saturated carbocycles. The molecule has 5 heteroatoms. The zero-order chi connectivity index (χ0) is 11.4. The van der Waals surface area contributed by atoms with Crippen LogP contribution in [0.25, 0.3) is 11.3 Å². The largest absolute Gasteiger partial charge is 0.491 e. The lowest BCUT2D eigenvalue weighted by atomic mass is 10.2. The average molecular weight is 236 g/mol. The fraction of sp³-hybridized carbons (Fsp3) is 0.182. The van der Waals surface area contributed by atoms with Crippen molar-refractivity contribution in [2.45, 2.75) is 0 Å². The molecule has 0 aliphatic heterocycles. The predicted molar refractivity (Wildman–Crippen MR) is 64.5 cm³/mol. The first-order valence-corrected chi connectivity index (χ1v) is 5.72. The highest BCUT2D eigenvalue weighted by Gasteiger charge is 2.03. The lowest BCUT2D eigenvalue weighted by Crippen LogP contribution is -2.01. The van der Waals surface area contributed by atoms with Crippen molar-refractivity contribution < 1.29 is 9.84 Å². The summed E-state index contributed by atoms with van der Waals surface area (Å²) in [6.45, 7) is 0.302. The summed E-state index contributed by atoms with van der Waals surface area (Å²) in [5.74, 6) is 0.720. The molecule has 0 fully saturated rings. The van der Waals surface area contributed by atoms with Gasteiger partial charge in [-0.25, -0.2) is 4.98 Å². The van der Waals surface area contributed by atoms with E-state index in [-0.39, 0.29) is 6.61 Å². The predicted octanol–water partition coefficient (Wildman–Crippen LogP) is 1.76. The summed E-state index contributed by atoms with van der Waals surface area (Å²) in [5, 5.41) is 11.1. The van der Waals surface area contributed by atoms with Gasteiger partial charge >= 0.3 is 0 Å². The molecule has 0 bridgehead atoms. The van der Waals surface area contributed by atoms with Crippen molar-refractivity contribution in [1.82, 2.24) is 4.98 Å². The van der Waals surface area contributed by atoms with E-state index >= 15 is 0 Å². The second-order valence-electron chi connectivity index (χ2n) is 3.17. The van der Waals surface area contributed by atoms with Gasteiger partial charge in [0.15, 0.2) is 5.13 Å². The number of aliphatic hydroxyl groups is 1. The minimum atomic E-state index is 0.00781. The van der Waals surface area contributed by atoms with Crippen molar-refractivity contribution in [2.24, 2.45) is 0 Å². The maximum Gasteiger partial charge on any atom is 0.180 e. The van der Waals surface area contributed by atoms with Gasteiger partial charge in [-0.3, -0.25) is 0 Å². The highest BCUT2D eigenvalue weighted by atomic mass is 32.1. The zero-order valence-corrected chi connectivity index (χ0v) is 9.41. The minimum absolute atomic E-state index is 0.00781. The van der Waals surface area contributed by atoms with Crippen molar-refractivity contribution in [1.29, 1.82) is 0 Å². The smallest absolute Gasteiger partial charge is 0.180 e. The van der Waals surface area contributed by atoms with E-state index in [9.17, 15) is 0 Å². The molecular weight excluding hydrogens is 224 g/mol. The van der Waals surface area contributed by atoms with Crippen LogP contribution in [0.3, 0.4) is 0 Å². The van der Waals surface area contributed by atoms with Gasteiger partial charge in [0.1, 0.15) is 12.4 Å². The number of anilines is 1. The highest BCUT2D eigenvalue weighted by Crippen LogP contribution is 2.26. The molecule has 16 heavy (non-hydrogen) atoms. The number of nitrogens with zero attached hydrogens (tertiary/aromatic N) is 1. The summed E-state index contributed by atoms with van der Waals surface area (Å²) < 4.78 is 5.32. The summed E-state index contributed by atoms with van der Waals surface area (Å²) in [4.78, 5) is 4.19. The van der Waals surface area contributed by atoms with E-state index in [1.165, 1.54) is 11.3 Å². The second kappa shape index (κ2) is 4.96. The van der Waals surface area contributed by atoms with Gasteiger partial charge in [0.05, 0.1) is 12.3 Å². The van der Waals surface area contributed by atoms with Crippen molar-refractivity contribution in [3.05, 3.63) is 29.6 Å². The van der Waals surface area contributed by atoms with Gasteiger partial charge in [-0.05, 0) is 12.1 Å². The Morgan fingerprint density at radius 2 is 2.31 bits per heavy atom. The number of aliphatic hydroxyl groups excluding tert-OH is 1. The standard InChI is InChI=1S/C11H12N2O2S/c12-11-13-10(7-16-11)8-2-1-3-9(6-8)15-5-4-14/h1-3,6-7,14H,4-5H2,(H2,12,13). The van der Waals surface area contributed by atoms with Crippen molar-refractivity contribution in [2.75, 3.05) is 18.9 Å². The molecule has 4 nitrogen and oxygen atoms in total. The molecule has 2 aromatic rings. The molecule has 1 heterocycles. The van der Waals surface area contributed by atoms with Crippen LogP contribution in [0.1, 0.15) is 0 Å². The Hall–Kier alpha value is -1.59. The first-order chi connectivity index (χ1) is 7.79. The van der Waals surface area contributed by atoms with E-state index in [1.54, 1.807) is 0 Å². The van der Waals surface area contributed by atoms with Crippen LogP contribution in [0.5, 0.6) is 5.75 Å². The van der Waals surface area contributed by atoms with Crippen LogP contribution in [0.4, 0.5) is 5.13 Å². The van der Waals surface area contributed by atoms with E-state index in [1.807, 2.05) is 29.6 Å². The number of hydrogen-bond donors (Lipinski definition) is 2. The fourth-order valence-corrected chi connectivity index (χ4v) is 1.90. The van der Waals surface area contributed by atoms with Gasteiger partial charge in [0, 0.05) is 10.9 Å². The third-order valence-electron chi connectivity index (χ3n) is 2.01. The molecule has 84 valence electrons. The number of rotatable bonds is 4. The molecule has 3 N–H and O–H groups in total. The summed E-state index contributed by atoms with van der Waals surface area (Å²) in [6, 6.07) is 7.55. The molecule has 0 saturated heterocycles. The number of nitrogens with two attached hydrogens (primary N) is 1. The highest BCUT2D eigenvalue weighted by molar-refractivity contribution is 7.13. The van der Waals surface area contributed by atoms with Gasteiger partial charge in [-0.1, -0.05) is 12.1 Å². The Bertz CT molecular complexity index is 471. The van der Waals surface area contributed by atoms with E-state index in [0.717, 1.165) is 17.0 Å². The number of thiazole rings is 1. The van der Waals surface area contributed by atoms with Crippen molar-refractivity contribution in [3.8, 4) is 17.0 Å². The number of hydrogen-bond acceptors (Lipinski definition) is 5. The lowest BCUT2D eigenvalue weighted by molar-refractivity contribution is 0.201. The molecular formula is C11H12N2O2S. The monoisotopic (exact) mass is 236 g/mol. The van der Waals surface area contributed by atoms with Crippen molar-refractivity contribution in [3.63, 3.8) is 0 Å². The van der Waals surface area contributed by atoms with Crippen LogP contribution in [-0.4, -0.2) is 23.3 Å². The van der Waals surface area contributed by atoms with Crippen LogP contribution in [0.15, 0.2) is 29.6 Å². The molecule has 1 aromatic carbocycles. The van der Waals surface area contributed by atoms with E-state index in [2.05, 4.69) is 4.98 Å². The SMILES string of the molecule is Nc1nc(-c2cccc(OCCO)c2)cs1. The topological polar surface area (TPSA) is 68.4 Å². The maximum atomic E-state index is 8.67. The zero-order valence-electron chi connectivity index (χ0n) is 8.59. The molecule has 0 amide bonds. The Morgan fingerprint density at radius 1 is 1.44 bits per heavy atom. The quantitative estimate of drug-likeness (QED) is 0.848. The molecule has 2 rings (SSSR count). The number of ether oxygens (including phenoxy) is 1. The van der Waals surface area contributed by atoms with Crippen LogP contribution >= 0.6 is 11.3 Å². The third kappa shape index (κ3) is 2.50. The fourth-order valence-electron chi connectivity index (χ4n) is 1.33. The summed E-state index contributed by atoms with van der Waals surface area (Å²) in [6.07, 6.45) is 0. The molecule has 0 spiro atoms. The Kier molecular flexibility index (Phi) is 3.38. The summed E-state index contributed by atoms with van der Waals surface area (Å²) in [7, 11) is 0. The minimum Gasteiger partial charge on any atom is -0.491 e. The van der Waals surface area contributed by atoms with Gasteiger partial charge in [0.2, 0.25) is 0 Å². The van der Waals surface area contributed by atoms with Gasteiger partial charge in [-0.2, -0.15) is 0 Å². The Morgan fingerprint density at radius 3 is 3.00 bits per heavy atom. The Labute approximate surface area is 97.3 Å². The van der Waals surface area contributed by atoms with E-state index in [4.69, 9.17) is 15.6 Å². The second-order valence-corrected chi connectivity index (χ2v) is 4.06. The Balaban J connectivity index is 2.22. The van der Waals surface area contributed by atoms with Crippen molar-refractivity contribution >= 4 is 16.5 Å². The van der Waals surface area contributed by atoms with Crippen LogP contribution < -0.4 is 10.5 Å². The molecule has 0 atom stereocenters.